The molecule has 8 aromatic rings. The maximum absolute atomic E-state index is 2.45. The topological polar surface area (TPSA) is 4.93 Å². The Morgan fingerprint density at radius 2 is 1.08 bits per heavy atom. The van der Waals surface area contributed by atoms with E-state index in [4.69, 9.17) is 0 Å². The second-order valence-electron chi connectivity index (χ2n) is 9.93. The third-order valence-electron chi connectivity index (χ3n) is 7.90. The van der Waals surface area contributed by atoms with Crippen molar-refractivity contribution in [2.24, 2.45) is 7.05 Å². The summed E-state index contributed by atoms with van der Waals surface area (Å²) in [5.74, 6) is 0. The van der Waals surface area contributed by atoms with Crippen LogP contribution in [0.25, 0.3) is 70.0 Å². The molecule has 6 aromatic carbocycles. The molecule has 0 aliphatic rings. The first-order chi connectivity index (χ1) is 18.3. The minimum atomic E-state index is -0.559. The van der Waals surface area contributed by atoms with Crippen LogP contribution in [-0.4, -0.2) is 4.57 Å². The number of hydrogen-bond donors (Lipinski definition) is 0. The van der Waals surface area contributed by atoms with Gasteiger partial charge < -0.3 is 4.57 Å². The summed E-state index contributed by atoms with van der Waals surface area (Å²) >= 11 is 0. The molecule has 37 heavy (non-hydrogen) atoms. The van der Waals surface area contributed by atoms with Crippen molar-refractivity contribution in [1.82, 2.24) is 4.57 Å². The summed E-state index contributed by atoms with van der Waals surface area (Å²) in [5, 5.41) is 12.3. The van der Waals surface area contributed by atoms with Gasteiger partial charge in [0.15, 0.2) is 0 Å². The molecular weight excluding hydrogens is 465 g/mol. The van der Waals surface area contributed by atoms with Crippen molar-refractivity contribution in [2.45, 2.75) is 0 Å². The Morgan fingerprint density at radius 3 is 1.92 bits per heavy atom. The summed E-state index contributed by atoms with van der Waals surface area (Å²) in [7, 11) is 1.63. The first-order valence-corrected chi connectivity index (χ1v) is 14.1. The number of nitrogens with zero attached hydrogens (tertiary/aromatic N) is 1. The van der Waals surface area contributed by atoms with E-state index in [1.54, 1.807) is 0 Å². The third-order valence-corrected chi connectivity index (χ3v) is 10.4. The van der Waals surface area contributed by atoms with Crippen molar-refractivity contribution >= 4 is 61.1 Å². The first kappa shape index (κ1) is 20.8. The monoisotopic (exact) mass is 489 g/mol. The van der Waals surface area contributed by atoms with Crippen LogP contribution in [0.1, 0.15) is 0 Å². The number of hydrogen-bond acceptors (Lipinski definition) is 0. The molecule has 0 bridgehead atoms. The van der Waals surface area contributed by atoms with E-state index in [0.717, 1.165) is 0 Å². The second kappa shape index (κ2) is 7.84. The minimum absolute atomic E-state index is 0.559. The highest BCUT2D eigenvalue weighted by atomic mass is 31.1. The Hall–Kier alpha value is -4.32. The number of aromatic nitrogens is 1. The Bertz CT molecular complexity index is 2140. The second-order valence-corrected chi connectivity index (χ2v) is 12.1. The lowest BCUT2D eigenvalue weighted by atomic mass is 10.0. The Balaban J connectivity index is 1.37. The molecule has 8 rings (SSSR count). The van der Waals surface area contributed by atoms with Crippen molar-refractivity contribution in [3.8, 4) is 16.4 Å². The van der Waals surface area contributed by atoms with Crippen molar-refractivity contribution in [3.05, 3.63) is 127 Å². The fourth-order valence-electron chi connectivity index (χ4n) is 6.07. The fraction of sp³-hybridized carbons (Fsp3) is 0.0286. The minimum Gasteiger partial charge on any atom is -0.344 e. The zero-order valence-electron chi connectivity index (χ0n) is 20.5. The van der Waals surface area contributed by atoms with Gasteiger partial charge >= 0.3 is 0 Å². The van der Waals surface area contributed by atoms with Gasteiger partial charge in [0.1, 0.15) is 0 Å². The number of rotatable bonds is 2. The van der Waals surface area contributed by atoms with Crippen LogP contribution in [0.2, 0.25) is 0 Å². The van der Waals surface area contributed by atoms with Gasteiger partial charge in [0.2, 0.25) is 0 Å². The zero-order chi connectivity index (χ0) is 24.5. The highest BCUT2D eigenvalue weighted by Crippen LogP contribution is 2.55. The van der Waals surface area contributed by atoms with Crippen LogP contribution in [0.5, 0.6) is 0 Å². The van der Waals surface area contributed by atoms with Gasteiger partial charge in [0, 0.05) is 39.1 Å². The van der Waals surface area contributed by atoms with E-state index in [2.05, 4.69) is 139 Å². The molecule has 2 aromatic heterocycles. The van der Waals surface area contributed by atoms with Gasteiger partial charge in [0.05, 0.1) is 0 Å². The van der Waals surface area contributed by atoms with E-state index in [-0.39, 0.29) is 0 Å². The molecular formula is C35H24NP. The van der Waals surface area contributed by atoms with E-state index < -0.39 is 7.53 Å². The van der Waals surface area contributed by atoms with Crippen molar-refractivity contribution in [2.75, 3.05) is 0 Å². The Labute approximate surface area is 216 Å². The molecule has 1 nitrogen and oxygen atoms in total. The fourth-order valence-corrected chi connectivity index (χ4v) is 8.73. The quantitative estimate of drug-likeness (QED) is 0.228. The summed E-state index contributed by atoms with van der Waals surface area (Å²) in [6.45, 7) is 0. The van der Waals surface area contributed by atoms with E-state index in [1.807, 2.05) is 0 Å². The molecule has 0 aliphatic carbocycles. The van der Waals surface area contributed by atoms with Crippen LogP contribution in [0.4, 0.5) is 0 Å². The average molecular weight is 490 g/mol. The summed E-state index contributed by atoms with van der Waals surface area (Å²) in [6, 6.07) is 47.3. The predicted octanol–water partition coefficient (Wildman–Crippen LogP) is 10.4. The van der Waals surface area contributed by atoms with Gasteiger partial charge in [-0.25, -0.2) is 0 Å². The molecule has 0 radical (unpaired) electrons. The average Bonchev–Trinajstić information content (AvgIpc) is 3.43. The molecule has 0 amide bonds. The molecule has 0 fully saturated rings. The van der Waals surface area contributed by atoms with Gasteiger partial charge in [-0.3, -0.25) is 0 Å². The van der Waals surface area contributed by atoms with Gasteiger partial charge in [-0.1, -0.05) is 111 Å². The molecule has 1 unspecified atom stereocenters. The molecule has 0 spiro atoms. The van der Waals surface area contributed by atoms with Crippen molar-refractivity contribution in [3.63, 3.8) is 0 Å². The van der Waals surface area contributed by atoms with Crippen LogP contribution in [0.15, 0.2) is 127 Å². The van der Waals surface area contributed by atoms with E-state index in [0.29, 0.717) is 0 Å². The summed E-state index contributed by atoms with van der Waals surface area (Å²) < 4.78 is 2.35. The highest BCUT2D eigenvalue weighted by Gasteiger charge is 2.15. The largest absolute Gasteiger partial charge is 0.344 e. The predicted molar refractivity (Wildman–Crippen MR) is 162 cm³/mol. The maximum atomic E-state index is 2.45. The first-order valence-electron chi connectivity index (χ1n) is 12.8. The standard InChI is InChI=1S/C35H24NP/c1-36-32-21-25(15-17-28(32)31-19-23-9-5-6-10-24(23)20-33(31)36)26-16-18-30-29-13-7-8-14-34(29)37(35(30)22-26)27-11-3-2-4-12-27/h2-22H,1H3. The zero-order valence-corrected chi connectivity index (χ0v) is 21.4. The van der Waals surface area contributed by atoms with Crippen molar-refractivity contribution < 1.29 is 0 Å². The van der Waals surface area contributed by atoms with Crippen LogP contribution < -0.4 is 0 Å². The maximum Gasteiger partial charge on any atom is 0.0495 e. The smallest absolute Gasteiger partial charge is 0.0495 e. The molecule has 1 atom stereocenters. The summed E-state index contributed by atoms with van der Waals surface area (Å²) in [6.07, 6.45) is 0. The van der Waals surface area contributed by atoms with E-state index in [1.165, 1.54) is 70.0 Å². The van der Waals surface area contributed by atoms with E-state index in [9.17, 15) is 0 Å². The summed E-state index contributed by atoms with van der Waals surface area (Å²) in [5.41, 5.74) is 5.11. The highest BCUT2D eigenvalue weighted by molar-refractivity contribution is 7.67. The van der Waals surface area contributed by atoms with Gasteiger partial charge in [-0.05, 0) is 62.2 Å². The number of fused-ring (bicyclic) bond motifs is 7. The number of benzene rings is 6. The van der Waals surface area contributed by atoms with Gasteiger partial charge in [-0.15, -0.1) is 0 Å². The van der Waals surface area contributed by atoms with Crippen LogP contribution >= 0.6 is 7.53 Å². The molecule has 0 saturated carbocycles. The molecule has 174 valence electrons. The Kier molecular flexibility index (Phi) is 4.41. The van der Waals surface area contributed by atoms with Gasteiger partial charge in [-0.2, -0.15) is 0 Å². The molecule has 2 heteroatoms. The molecule has 0 saturated heterocycles. The lowest BCUT2D eigenvalue weighted by Gasteiger charge is -2.07. The van der Waals surface area contributed by atoms with Crippen LogP contribution in [0.3, 0.4) is 0 Å². The Morgan fingerprint density at radius 1 is 0.459 bits per heavy atom. The van der Waals surface area contributed by atoms with Gasteiger partial charge in [0.25, 0.3) is 0 Å². The van der Waals surface area contributed by atoms with Crippen molar-refractivity contribution in [1.29, 1.82) is 0 Å². The summed E-state index contributed by atoms with van der Waals surface area (Å²) in [4.78, 5) is 0. The molecule has 0 N–H and O–H groups in total. The van der Waals surface area contributed by atoms with Crippen LogP contribution in [-0.2, 0) is 7.05 Å². The SMILES string of the molecule is Cn1c2cc(-c3ccc4c5ccccc5p(-c5ccccc5)c4c3)ccc2c2cc3ccccc3cc21. The van der Waals surface area contributed by atoms with E-state index >= 15 is 0 Å². The molecule has 2 heterocycles. The normalized spacial score (nSPS) is 12.4. The number of aryl methyl sites for hydroxylation is 1. The molecule has 0 aliphatic heterocycles. The lowest BCUT2D eigenvalue weighted by Crippen LogP contribution is -1.87. The lowest BCUT2D eigenvalue weighted by molar-refractivity contribution is 1.02. The van der Waals surface area contributed by atoms with Crippen LogP contribution in [0, 0.1) is 0 Å². The third kappa shape index (κ3) is 3.05.